The van der Waals surface area contributed by atoms with Crippen molar-refractivity contribution in [1.82, 2.24) is 0 Å². The molecule has 4 nitrogen and oxygen atoms in total. The fourth-order valence-corrected chi connectivity index (χ4v) is 4.51. The van der Waals surface area contributed by atoms with E-state index < -0.39 is 15.8 Å². The molecule has 2 aromatic carbocycles. The van der Waals surface area contributed by atoms with Gasteiger partial charge in [-0.1, -0.05) is 0 Å². The summed E-state index contributed by atoms with van der Waals surface area (Å²) < 4.78 is 0.999. The second-order valence-corrected chi connectivity index (χ2v) is 8.88. The number of nitro groups is 1. The van der Waals surface area contributed by atoms with E-state index in [2.05, 4.69) is 26.8 Å². The van der Waals surface area contributed by atoms with Crippen molar-refractivity contribution in [1.29, 1.82) is 0 Å². The summed E-state index contributed by atoms with van der Waals surface area (Å²) in [6.45, 7) is 6.43. The molecule has 116 valence electrons. The summed E-state index contributed by atoms with van der Waals surface area (Å²) in [4.78, 5) is 10.4. The van der Waals surface area contributed by atoms with Gasteiger partial charge in [0.05, 0.1) is 0 Å². The summed E-state index contributed by atoms with van der Waals surface area (Å²) in [5, 5.41) is 21.6. The summed E-state index contributed by atoms with van der Waals surface area (Å²) in [5.74, 6) is 0.332. The molecule has 2 rings (SSSR count). The van der Waals surface area contributed by atoms with Gasteiger partial charge in [0, 0.05) is 0 Å². The molecular formula is C17H20AsNO3. The fraction of sp³-hybridized carbons (Fsp3) is 0.294. The molecule has 0 aliphatic heterocycles. The van der Waals surface area contributed by atoms with Gasteiger partial charge in [-0.25, -0.2) is 0 Å². The maximum atomic E-state index is 10.8. The molecule has 0 aliphatic rings. The molecule has 0 spiro atoms. The van der Waals surface area contributed by atoms with Crippen LogP contribution in [-0.2, 0) is 10.6 Å². The second-order valence-electron chi connectivity index (χ2n) is 6.26. The Kier molecular flexibility index (Phi) is 4.92. The van der Waals surface area contributed by atoms with Gasteiger partial charge < -0.3 is 0 Å². The first-order valence-corrected chi connectivity index (χ1v) is 9.61. The van der Waals surface area contributed by atoms with Gasteiger partial charge >= 0.3 is 137 Å². The standard InChI is InChI=1S/C17H20AsNO3/c1-17(2,3)13-7-8-16(20)15(10-13)18-11-12-5-4-6-14(9-12)19(21)22/h4-10,18,20H,11H2,1-3H3. The summed E-state index contributed by atoms with van der Waals surface area (Å²) in [5.41, 5.74) is 2.31. The summed E-state index contributed by atoms with van der Waals surface area (Å²) in [6, 6.07) is 12.5. The number of phenols is 1. The topological polar surface area (TPSA) is 63.4 Å². The van der Waals surface area contributed by atoms with Crippen LogP contribution in [0.3, 0.4) is 0 Å². The van der Waals surface area contributed by atoms with Gasteiger partial charge in [-0.2, -0.15) is 0 Å². The van der Waals surface area contributed by atoms with Gasteiger partial charge in [0.25, 0.3) is 0 Å². The molecule has 0 radical (unpaired) electrons. The Balaban J connectivity index is 2.18. The maximum absolute atomic E-state index is 10.8. The van der Waals surface area contributed by atoms with Gasteiger partial charge in [-0.05, 0) is 0 Å². The monoisotopic (exact) mass is 361 g/mol. The van der Waals surface area contributed by atoms with Gasteiger partial charge in [0.2, 0.25) is 0 Å². The zero-order chi connectivity index (χ0) is 16.3. The third kappa shape index (κ3) is 4.11. The SMILES string of the molecule is CC(C)(C)c1ccc(O)c([AsH]Cc2cccc([N+](=O)[O-])c2)c1. The Morgan fingerprint density at radius 1 is 1.18 bits per heavy atom. The Morgan fingerprint density at radius 3 is 2.55 bits per heavy atom. The summed E-state index contributed by atoms with van der Waals surface area (Å²) >= 11 is -0.593. The minimum atomic E-state index is -0.593. The van der Waals surface area contributed by atoms with Crippen molar-refractivity contribution in [2.24, 2.45) is 0 Å². The van der Waals surface area contributed by atoms with Crippen LogP contribution < -0.4 is 4.35 Å². The quantitative estimate of drug-likeness (QED) is 0.518. The van der Waals surface area contributed by atoms with E-state index in [4.69, 9.17) is 0 Å². The van der Waals surface area contributed by atoms with Crippen molar-refractivity contribution in [3.05, 3.63) is 63.7 Å². The number of benzene rings is 2. The molecule has 5 heteroatoms. The van der Waals surface area contributed by atoms with Crippen LogP contribution in [0.2, 0.25) is 0 Å². The molecule has 1 unspecified atom stereocenters. The van der Waals surface area contributed by atoms with Crippen molar-refractivity contribution >= 4 is 25.8 Å². The van der Waals surface area contributed by atoms with E-state index in [0.29, 0.717) is 5.75 Å². The van der Waals surface area contributed by atoms with E-state index in [-0.39, 0.29) is 16.0 Å². The average Bonchev–Trinajstić information content (AvgIpc) is 2.45. The molecule has 1 N–H and O–H groups in total. The molecule has 0 saturated heterocycles. The normalized spacial score (nSPS) is 12.0. The number of nitro benzene ring substituents is 1. The zero-order valence-electron chi connectivity index (χ0n) is 13.0. The van der Waals surface area contributed by atoms with Crippen LogP contribution in [0.4, 0.5) is 5.69 Å². The molecular weight excluding hydrogens is 341 g/mol. The molecule has 0 fully saturated rings. The van der Waals surface area contributed by atoms with Crippen molar-refractivity contribution in [2.75, 3.05) is 0 Å². The number of non-ortho nitro benzene ring substituents is 1. The number of nitrogens with zero attached hydrogens (tertiary/aromatic N) is 1. The third-order valence-corrected chi connectivity index (χ3v) is 6.33. The van der Waals surface area contributed by atoms with Gasteiger partial charge in [0.1, 0.15) is 0 Å². The number of aromatic hydroxyl groups is 1. The predicted octanol–water partition coefficient (Wildman–Crippen LogP) is 2.86. The molecule has 0 saturated carbocycles. The summed E-state index contributed by atoms with van der Waals surface area (Å²) in [6.07, 6.45) is 0. The van der Waals surface area contributed by atoms with Crippen molar-refractivity contribution in [3.63, 3.8) is 0 Å². The van der Waals surface area contributed by atoms with Crippen LogP contribution in [0.15, 0.2) is 42.5 Å². The molecule has 0 aliphatic carbocycles. The summed E-state index contributed by atoms with van der Waals surface area (Å²) in [7, 11) is 0. The van der Waals surface area contributed by atoms with E-state index in [1.807, 2.05) is 12.1 Å². The van der Waals surface area contributed by atoms with Gasteiger partial charge in [0.15, 0.2) is 0 Å². The molecule has 0 amide bonds. The van der Waals surface area contributed by atoms with Crippen LogP contribution in [0, 0.1) is 10.1 Å². The van der Waals surface area contributed by atoms with Crippen LogP contribution in [0.5, 0.6) is 5.75 Å². The van der Waals surface area contributed by atoms with E-state index >= 15 is 0 Å². The van der Waals surface area contributed by atoms with Gasteiger partial charge in [-0.15, -0.1) is 0 Å². The predicted molar refractivity (Wildman–Crippen MR) is 90.4 cm³/mol. The Bertz CT molecular complexity index is 693. The number of phenolic OH excluding ortho intramolecular Hbond substituents is 1. The fourth-order valence-electron chi connectivity index (χ4n) is 2.12. The van der Waals surface area contributed by atoms with Crippen molar-refractivity contribution in [3.8, 4) is 5.75 Å². The molecule has 1 atom stereocenters. The average molecular weight is 361 g/mol. The first-order valence-electron chi connectivity index (χ1n) is 7.08. The van der Waals surface area contributed by atoms with Crippen LogP contribution >= 0.6 is 0 Å². The molecule has 2 aromatic rings. The molecule has 0 bridgehead atoms. The second kappa shape index (κ2) is 6.53. The molecule has 0 aromatic heterocycles. The van der Waals surface area contributed by atoms with E-state index in [1.54, 1.807) is 18.2 Å². The number of hydrogen-bond donors (Lipinski definition) is 1. The minimum absolute atomic E-state index is 0.0418. The Hall–Kier alpha value is -1.80. The Morgan fingerprint density at radius 2 is 1.91 bits per heavy atom. The van der Waals surface area contributed by atoms with Crippen LogP contribution in [0.25, 0.3) is 0 Å². The number of hydrogen-bond acceptors (Lipinski definition) is 3. The van der Waals surface area contributed by atoms with Crippen molar-refractivity contribution < 1.29 is 10.0 Å². The molecule has 0 heterocycles. The zero-order valence-corrected chi connectivity index (χ0v) is 15.1. The van der Waals surface area contributed by atoms with E-state index in [9.17, 15) is 15.2 Å². The first kappa shape index (κ1) is 16.6. The van der Waals surface area contributed by atoms with Gasteiger partial charge in [-0.3, -0.25) is 0 Å². The number of rotatable bonds is 4. The van der Waals surface area contributed by atoms with Crippen LogP contribution in [-0.4, -0.2) is 25.8 Å². The van der Waals surface area contributed by atoms with Crippen LogP contribution in [0.1, 0.15) is 31.9 Å². The Labute approximate surface area is 137 Å². The third-order valence-electron chi connectivity index (χ3n) is 3.47. The van der Waals surface area contributed by atoms with Crippen molar-refractivity contribution in [2.45, 2.75) is 31.4 Å². The van der Waals surface area contributed by atoms with E-state index in [1.165, 1.54) is 11.6 Å². The molecule has 22 heavy (non-hydrogen) atoms. The first-order chi connectivity index (χ1) is 10.3. The van der Waals surface area contributed by atoms with E-state index in [0.717, 1.165) is 15.1 Å².